The van der Waals surface area contributed by atoms with E-state index < -0.39 is 0 Å². The molecule has 0 aliphatic carbocycles. The number of benzene rings is 2. The molecule has 2 aromatic rings. The maximum atomic E-state index is 12.1. The fourth-order valence-corrected chi connectivity index (χ4v) is 2.67. The zero-order valence-electron chi connectivity index (χ0n) is 14.6. The SMILES string of the molecule is CCc1ccc(OCC(=O)N[C@H](C)c2ccc3c(c2)OCCO3)cc1. The zero-order valence-corrected chi connectivity index (χ0v) is 14.6. The summed E-state index contributed by atoms with van der Waals surface area (Å²) in [4.78, 5) is 12.1. The standard InChI is InChI=1S/C20H23NO4/c1-3-15-4-7-17(8-5-15)25-13-20(22)21-14(2)16-6-9-18-19(12-16)24-11-10-23-18/h4-9,12,14H,3,10-11,13H2,1-2H3,(H,21,22)/t14-/m1/s1. The summed E-state index contributed by atoms with van der Waals surface area (Å²) >= 11 is 0. The van der Waals surface area contributed by atoms with Crippen LogP contribution in [-0.4, -0.2) is 25.7 Å². The molecule has 0 saturated carbocycles. The van der Waals surface area contributed by atoms with E-state index in [0.29, 0.717) is 19.0 Å². The lowest BCUT2D eigenvalue weighted by atomic mass is 10.1. The lowest BCUT2D eigenvalue weighted by Gasteiger charge is -2.21. The van der Waals surface area contributed by atoms with Crippen LogP contribution in [-0.2, 0) is 11.2 Å². The Labute approximate surface area is 147 Å². The number of hydrogen-bond donors (Lipinski definition) is 1. The van der Waals surface area contributed by atoms with Crippen LogP contribution < -0.4 is 19.5 Å². The van der Waals surface area contributed by atoms with E-state index in [9.17, 15) is 4.79 Å². The molecule has 5 nitrogen and oxygen atoms in total. The van der Waals surface area contributed by atoms with E-state index >= 15 is 0 Å². The Morgan fingerprint density at radius 1 is 1.12 bits per heavy atom. The van der Waals surface area contributed by atoms with Crippen LogP contribution in [0, 0.1) is 0 Å². The molecule has 0 saturated heterocycles. The van der Waals surface area contributed by atoms with Gasteiger partial charge in [0.15, 0.2) is 18.1 Å². The van der Waals surface area contributed by atoms with E-state index in [4.69, 9.17) is 14.2 Å². The summed E-state index contributed by atoms with van der Waals surface area (Å²) in [7, 11) is 0. The summed E-state index contributed by atoms with van der Waals surface area (Å²) in [6.45, 7) is 5.12. The van der Waals surface area contributed by atoms with Crippen molar-refractivity contribution in [3.05, 3.63) is 53.6 Å². The number of rotatable bonds is 6. The van der Waals surface area contributed by atoms with Crippen LogP contribution in [0.1, 0.15) is 31.0 Å². The Morgan fingerprint density at radius 2 is 1.84 bits per heavy atom. The number of carbonyl (C=O) groups is 1. The predicted molar refractivity (Wildman–Crippen MR) is 95.3 cm³/mol. The Hall–Kier alpha value is -2.69. The van der Waals surface area contributed by atoms with Gasteiger partial charge in [-0.25, -0.2) is 0 Å². The lowest BCUT2D eigenvalue weighted by Crippen LogP contribution is -2.31. The van der Waals surface area contributed by atoms with Gasteiger partial charge in [-0.05, 0) is 48.7 Å². The van der Waals surface area contributed by atoms with E-state index in [1.54, 1.807) is 0 Å². The van der Waals surface area contributed by atoms with Crippen molar-refractivity contribution < 1.29 is 19.0 Å². The second-order valence-corrected chi connectivity index (χ2v) is 5.98. The largest absolute Gasteiger partial charge is 0.486 e. The summed E-state index contributed by atoms with van der Waals surface area (Å²) in [5, 5.41) is 2.94. The minimum absolute atomic E-state index is 0.0135. The maximum Gasteiger partial charge on any atom is 0.258 e. The van der Waals surface area contributed by atoms with Crippen molar-refractivity contribution in [3.8, 4) is 17.2 Å². The first-order chi connectivity index (χ1) is 12.2. The lowest BCUT2D eigenvalue weighted by molar-refractivity contribution is -0.123. The highest BCUT2D eigenvalue weighted by molar-refractivity contribution is 5.78. The highest BCUT2D eigenvalue weighted by Gasteiger charge is 2.16. The van der Waals surface area contributed by atoms with Gasteiger partial charge in [-0.3, -0.25) is 4.79 Å². The second kappa shape index (κ2) is 7.92. The number of ether oxygens (including phenoxy) is 3. The highest BCUT2D eigenvalue weighted by atomic mass is 16.6. The van der Waals surface area contributed by atoms with Crippen LogP contribution in [0.3, 0.4) is 0 Å². The second-order valence-electron chi connectivity index (χ2n) is 5.98. The topological polar surface area (TPSA) is 56.8 Å². The molecule has 1 heterocycles. The summed E-state index contributed by atoms with van der Waals surface area (Å²) in [6.07, 6.45) is 0.980. The average molecular weight is 341 g/mol. The number of fused-ring (bicyclic) bond motifs is 1. The van der Waals surface area contributed by atoms with E-state index in [1.165, 1.54) is 5.56 Å². The van der Waals surface area contributed by atoms with Gasteiger partial charge in [-0.15, -0.1) is 0 Å². The Morgan fingerprint density at radius 3 is 2.56 bits per heavy atom. The Kier molecular flexibility index (Phi) is 5.43. The van der Waals surface area contributed by atoms with Gasteiger partial charge in [0.25, 0.3) is 5.91 Å². The quantitative estimate of drug-likeness (QED) is 0.876. The van der Waals surface area contributed by atoms with Crippen molar-refractivity contribution in [3.63, 3.8) is 0 Å². The Balaban J connectivity index is 1.53. The van der Waals surface area contributed by atoms with Gasteiger partial charge in [-0.1, -0.05) is 25.1 Å². The first-order valence-corrected chi connectivity index (χ1v) is 8.56. The summed E-state index contributed by atoms with van der Waals surface area (Å²) < 4.78 is 16.6. The van der Waals surface area contributed by atoms with Gasteiger partial charge in [0.2, 0.25) is 0 Å². The zero-order chi connectivity index (χ0) is 17.6. The predicted octanol–water partition coefficient (Wildman–Crippen LogP) is 3.28. The summed E-state index contributed by atoms with van der Waals surface area (Å²) in [6, 6.07) is 13.3. The van der Waals surface area contributed by atoms with Gasteiger partial charge in [0.1, 0.15) is 19.0 Å². The minimum Gasteiger partial charge on any atom is -0.486 e. The minimum atomic E-state index is -0.165. The van der Waals surface area contributed by atoms with Gasteiger partial charge in [0.05, 0.1) is 6.04 Å². The summed E-state index contributed by atoms with van der Waals surface area (Å²) in [5.41, 5.74) is 2.20. The van der Waals surface area contributed by atoms with Crippen LogP contribution in [0.15, 0.2) is 42.5 Å². The monoisotopic (exact) mass is 341 g/mol. The molecule has 3 rings (SSSR count). The molecule has 1 aliphatic rings. The first-order valence-electron chi connectivity index (χ1n) is 8.56. The Bertz CT molecular complexity index is 727. The molecule has 25 heavy (non-hydrogen) atoms. The van der Waals surface area contributed by atoms with Gasteiger partial charge >= 0.3 is 0 Å². The fourth-order valence-electron chi connectivity index (χ4n) is 2.67. The molecule has 1 N–H and O–H groups in total. The van der Waals surface area contributed by atoms with Crippen molar-refractivity contribution in [1.82, 2.24) is 5.32 Å². The van der Waals surface area contributed by atoms with E-state index in [0.717, 1.165) is 23.5 Å². The van der Waals surface area contributed by atoms with Crippen molar-refractivity contribution >= 4 is 5.91 Å². The molecule has 1 aliphatic heterocycles. The molecule has 0 fully saturated rings. The first kappa shape index (κ1) is 17.1. The molecular weight excluding hydrogens is 318 g/mol. The normalized spacial score (nSPS) is 13.8. The van der Waals surface area contributed by atoms with Crippen LogP contribution in [0.25, 0.3) is 0 Å². The third-order valence-electron chi connectivity index (χ3n) is 4.15. The number of aryl methyl sites for hydroxylation is 1. The van der Waals surface area contributed by atoms with Crippen LogP contribution in [0.4, 0.5) is 0 Å². The molecule has 0 unspecified atom stereocenters. The third kappa shape index (κ3) is 4.44. The fraction of sp³-hybridized carbons (Fsp3) is 0.350. The van der Waals surface area contributed by atoms with Crippen LogP contribution in [0.5, 0.6) is 17.2 Å². The number of hydrogen-bond acceptors (Lipinski definition) is 4. The third-order valence-corrected chi connectivity index (χ3v) is 4.15. The van der Waals surface area contributed by atoms with Gasteiger partial charge in [-0.2, -0.15) is 0 Å². The number of amides is 1. The molecule has 0 aromatic heterocycles. The smallest absolute Gasteiger partial charge is 0.258 e. The van der Waals surface area contributed by atoms with E-state index in [-0.39, 0.29) is 18.6 Å². The molecule has 0 spiro atoms. The van der Waals surface area contributed by atoms with E-state index in [2.05, 4.69) is 12.2 Å². The van der Waals surface area contributed by atoms with Gasteiger partial charge < -0.3 is 19.5 Å². The van der Waals surface area contributed by atoms with Crippen molar-refractivity contribution in [2.75, 3.05) is 19.8 Å². The molecule has 132 valence electrons. The maximum absolute atomic E-state index is 12.1. The number of nitrogens with one attached hydrogen (secondary N) is 1. The highest BCUT2D eigenvalue weighted by Crippen LogP contribution is 2.32. The van der Waals surface area contributed by atoms with Crippen molar-refractivity contribution in [1.29, 1.82) is 0 Å². The van der Waals surface area contributed by atoms with Crippen molar-refractivity contribution in [2.45, 2.75) is 26.3 Å². The van der Waals surface area contributed by atoms with Gasteiger partial charge in [0, 0.05) is 0 Å². The molecule has 1 atom stereocenters. The van der Waals surface area contributed by atoms with Crippen molar-refractivity contribution in [2.24, 2.45) is 0 Å². The molecule has 2 aromatic carbocycles. The molecule has 1 amide bonds. The molecular formula is C20H23NO4. The number of carbonyl (C=O) groups excluding carboxylic acids is 1. The molecule has 0 radical (unpaired) electrons. The van der Waals surface area contributed by atoms with Crippen LogP contribution in [0.2, 0.25) is 0 Å². The average Bonchev–Trinajstić information content (AvgIpc) is 2.66. The van der Waals surface area contributed by atoms with E-state index in [1.807, 2.05) is 49.4 Å². The summed E-state index contributed by atoms with van der Waals surface area (Å²) in [5.74, 6) is 1.99. The van der Waals surface area contributed by atoms with Crippen LogP contribution >= 0.6 is 0 Å². The molecule has 5 heteroatoms. The molecule has 0 bridgehead atoms.